The Labute approximate surface area is 176 Å². The fourth-order valence-corrected chi connectivity index (χ4v) is 4.84. The van der Waals surface area contributed by atoms with Crippen LogP contribution in [0.1, 0.15) is 49.6 Å². The van der Waals surface area contributed by atoms with Crippen LogP contribution in [0, 0.1) is 23.7 Å². The van der Waals surface area contributed by atoms with E-state index in [1.807, 2.05) is 16.4 Å². The molecular weight excluding hydrogens is 388 g/mol. The monoisotopic (exact) mass is 418 g/mol. The molecule has 0 bridgehead atoms. The smallest absolute Gasteiger partial charge is 0.309 e. The molecule has 4 atom stereocenters. The van der Waals surface area contributed by atoms with Gasteiger partial charge in [-0.2, -0.15) is 0 Å². The summed E-state index contributed by atoms with van der Waals surface area (Å²) in [6.07, 6.45) is 8.47. The molecule has 0 radical (unpaired) electrons. The van der Waals surface area contributed by atoms with Crippen LogP contribution in [0.3, 0.4) is 0 Å². The van der Waals surface area contributed by atoms with Crippen LogP contribution >= 0.6 is 0 Å². The largest absolute Gasteiger partial charge is 0.483 e. The molecule has 9 nitrogen and oxygen atoms in total. The fourth-order valence-electron chi connectivity index (χ4n) is 4.84. The van der Waals surface area contributed by atoms with E-state index in [0.717, 1.165) is 38.1 Å². The minimum atomic E-state index is -0.250. The number of ether oxygens (including phenoxy) is 1. The number of amides is 1. The van der Waals surface area contributed by atoms with Crippen LogP contribution in [0.4, 0.5) is 0 Å². The summed E-state index contributed by atoms with van der Waals surface area (Å²) in [5, 5.41) is 15.4. The number of carboxylic acid groups (broad SMARTS) is 1. The van der Waals surface area contributed by atoms with Crippen LogP contribution in [0.25, 0.3) is 0 Å². The van der Waals surface area contributed by atoms with E-state index in [-0.39, 0.29) is 42.0 Å². The first kappa shape index (κ1) is 22.0. The molecule has 1 aliphatic carbocycles. The van der Waals surface area contributed by atoms with Crippen molar-refractivity contribution < 1.29 is 24.2 Å². The number of rotatable bonds is 3. The first-order valence-corrected chi connectivity index (χ1v) is 10.7. The minimum Gasteiger partial charge on any atom is -0.483 e. The van der Waals surface area contributed by atoms with Crippen LogP contribution in [0.15, 0.2) is 12.2 Å². The summed E-state index contributed by atoms with van der Waals surface area (Å²) in [7, 11) is 0. The standard InChI is InChI=1S/C20H28N4O3.CH2O2/c1-3-27-20(26)17-13(2)8-9-14-11-23(12-15(14)17)19(25)18-22-21-16-7-5-4-6-10-24(16)18;2-1-3/h8-9,13-15,17H,3-7,10-12H2,1-2H3;1H,(H,2,3)/t13-,14-,15+,17+;/m0./s1. The summed E-state index contributed by atoms with van der Waals surface area (Å²) in [5.41, 5.74) is 0. The van der Waals surface area contributed by atoms with Crippen LogP contribution < -0.4 is 0 Å². The molecule has 3 heterocycles. The van der Waals surface area contributed by atoms with Gasteiger partial charge in [-0.1, -0.05) is 25.5 Å². The minimum absolute atomic E-state index is 0.0614. The molecule has 1 saturated heterocycles. The summed E-state index contributed by atoms with van der Waals surface area (Å²) in [4.78, 5) is 35.9. The predicted molar refractivity (Wildman–Crippen MR) is 108 cm³/mol. The highest BCUT2D eigenvalue weighted by Crippen LogP contribution is 2.40. The predicted octanol–water partition coefficient (Wildman–Crippen LogP) is 1.78. The first-order chi connectivity index (χ1) is 14.5. The van der Waals surface area contributed by atoms with Gasteiger partial charge >= 0.3 is 5.97 Å². The van der Waals surface area contributed by atoms with Crippen molar-refractivity contribution in [1.29, 1.82) is 0 Å². The average molecular weight is 418 g/mol. The number of aryl methyl sites for hydroxylation is 1. The number of carbonyl (C=O) groups is 3. The van der Waals surface area contributed by atoms with Crippen molar-refractivity contribution in [2.75, 3.05) is 19.7 Å². The van der Waals surface area contributed by atoms with Crippen LogP contribution in [-0.4, -0.2) is 62.8 Å². The van der Waals surface area contributed by atoms with E-state index < -0.39 is 0 Å². The second-order valence-corrected chi connectivity index (χ2v) is 8.07. The van der Waals surface area contributed by atoms with Crippen molar-refractivity contribution in [3.8, 4) is 0 Å². The summed E-state index contributed by atoms with van der Waals surface area (Å²) in [5.74, 6) is 1.42. The lowest BCUT2D eigenvalue weighted by atomic mass is 9.72. The van der Waals surface area contributed by atoms with E-state index in [0.29, 0.717) is 25.5 Å². The molecule has 1 aromatic rings. The Hall–Kier alpha value is -2.71. The van der Waals surface area contributed by atoms with Crippen molar-refractivity contribution in [1.82, 2.24) is 19.7 Å². The molecule has 0 aromatic carbocycles. The summed E-state index contributed by atoms with van der Waals surface area (Å²) < 4.78 is 7.31. The Morgan fingerprint density at radius 2 is 2.00 bits per heavy atom. The zero-order valence-electron chi connectivity index (χ0n) is 17.6. The number of likely N-dealkylation sites (tertiary alicyclic amines) is 1. The van der Waals surface area contributed by atoms with Crippen molar-refractivity contribution in [2.24, 2.45) is 23.7 Å². The van der Waals surface area contributed by atoms with E-state index >= 15 is 0 Å². The van der Waals surface area contributed by atoms with Crippen molar-refractivity contribution in [3.05, 3.63) is 23.8 Å². The highest BCUT2D eigenvalue weighted by molar-refractivity contribution is 5.91. The molecule has 4 rings (SSSR count). The third kappa shape index (κ3) is 4.39. The topological polar surface area (TPSA) is 115 Å². The zero-order chi connectivity index (χ0) is 21.7. The lowest BCUT2D eigenvalue weighted by Gasteiger charge is -2.31. The van der Waals surface area contributed by atoms with Crippen LogP contribution in [0.5, 0.6) is 0 Å². The molecule has 9 heteroatoms. The van der Waals surface area contributed by atoms with Gasteiger partial charge in [-0.3, -0.25) is 14.4 Å². The maximum absolute atomic E-state index is 13.2. The van der Waals surface area contributed by atoms with Crippen LogP contribution in [0.2, 0.25) is 0 Å². The van der Waals surface area contributed by atoms with Gasteiger partial charge in [-0.15, -0.1) is 10.2 Å². The van der Waals surface area contributed by atoms with Gasteiger partial charge in [-0.05, 0) is 37.5 Å². The van der Waals surface area contributed by atoms with E-state index in [9.17, 15) is 9.59 Å². The third-order valence-electron chi connectivity index (χ3n) is 6.25. The van der Waals surface area contributed by atoms with Gasteiger partial charge < -0.3 is 19.3 Å². The van der Waals surface area contributed by atoms with E-state index in [4.69, 9.17) is 14.6 Å². The molecular formula is C21H30N4O5. The fraction of sp³-hybridized carbons (Fsp3) is 0.667. The molecule has 1 aromatic heterocycles. The molecule has 0 spiro atoms. The number of esters is 1. The Bertz CT molecular complexity index is 805. The van der Waals surface area contributed by atoms with Gasteiger partial charge in [0, 0.05) is 26.1 Å². The Morgan fingerprint density at radius 3 is 2.73 bits per heavy atom. The number of nitrogens with zero attached hydrogens (tertiary/aromatic N) is 4. The van der Waals surface area contributed by atoms with Gasteiger partial charge in [0.1, 0.15) is 5.82 Å². The highest BCUT2D eigenvalue weighted by atomic mass is 16.5. The third-order valence-corrected chi connectivity index (χ3v) is 6.25. The molecule has 1 N–H and O–H groups in total. The van der Waals surface area contributed by atoms with E-state index in [2.05, 4.69) is 29.3 Å². The number of hydrogen-bond acceptors (Lipinski definition) is 6. The molecule has 1 fully saturated rings. The maximum atomic E-state index is 13.2. The zero-order valence-corrected chi connectivity index (χ0v) is 17.6. The number of hydrogen-bond donors (Lipinski definition) is 1. The van der Waals surface area contributed by atoms with Gasteiger partial charge in [0.2, 0.25) is 5.82 Å². The molecule has 30 heavy (non-hydrogen) atoms. The van der Waals surface area contributed by atoms with Crippen molar-refractivity contribution >= 4 is 18.3 Å². The quantitative estimate of drug-likeness (QED) is 0.452. The Kier molecular flexibility index (Phi) is 7.23. The Balaban J connectivity index is 0.000000806. The van der Waals surface area contributed by atoms with Crippen LogP contribution in [-0.2, 0) is 27.3 Å². The molecule has 164 valence electrons. The van der Waals surface area contributed by atoms with E-state index in [1.54, 1.807) is 0 Å². The van der Waals surface area contributed by atoms with Gasteiger partial charge in [0.15, 0.2) is 0 Å². The Morgan fingerprint density at radius 1 is 1.23 bits per heavy atom. The summed E-state index contributed by atoms with van der Waals surface area (Å²) >= 11 is 0. The molecule has 0 saturated carbocycles. The molecule has 3 aliphatic rings. The highest BCUT2D eigenvalue weighted by Gasteiger charge is 2.46. The van der Waals surface area contributed by atoms with E-state index in [1.165, 1.54) is 0 Å². The molecule has 0 unspecified atom stereocenters. The molecule has 2 aliphatic heterocycles. The number of allylic oxidation sites excluding steroid dienone is 1. The normalized spacial score (nSPS) is 27.2. The summed E-state index contributed by atoms with van der Waals surface area (Å²) in [6, 6.07) is 0. The lowest BCUT2D eigenvalue weighted by molar-refractivity contribution is -0.152. The second-order valence-electron chi connectivity index (χ2n) is 8.07. The van der Waals surface area contributed by atoms with Gasteiger partial charge in [0.25, 0.3) is 12.4 Å². The van der Waals surface area contributed by atoms with Gasteiger partial charge in [0.05, 0.1) is 12.5 Å². The SMILES string of the molecule is CCOC(=O)[C@H]1[C@@H]2CN(C(=O)c3nnc4n3CCCCC4)C[C@@H]2C=C[C@@H]1C.O=CO. The van der Waals surface area contributed by atoms with Crippen molar-refractivity contribution in [3.63, 3.8) is 0 Å². The molecule has 1 amide bonds. The maximum Gasteiger partial charge on any atom is 0.309 e. The number of carbonyl (C=O) groups excluding carboxylic acids is 2. The summed E-state index contributed by atoms with van der Waals surface area (Å²) in [6.45, 7) is 6.04. The average Bonchev–Trinajstić information content (AvgIpc) is 3.25. The number of fused-ring (bicyclic) bond motifs is 2. The second kappa shape index (κ2) is 9.86. The van der Waals surface area contributed by atoms with Gasteiger partial charge in [-0.25, -0.2) is 0 Å². The van der Waals surface area contributed by atoms with Crippen molar-refractivity contribution in [2.45, 2.75) is 46.1 Å². The number of aromatic nitrogens is 3. The first-order valence-electron chi connectivity index (χ1n) is 10.7. The lowest BCUT2D eigenvalue weighted by Crippen LogP contribution is -2.37.